The van der Waals surface area contributed by atoms with E-state index in [0.717, 1.165) is 12.8 Å². The van der Waals surface area contributed by atoms with E-state index >= 15 is 0 Å². The van der Waals surface area contributed by atoms with Crippen molar-refractivity contribution < 1.29 is 24.2 Å². The topological polar surface area (TPSA) is 115 Å². The second kappa shape index (κ2) is 11.3. The van der Waals surface area contributed by atoms with Crippen molar-refractivity contribution in [1.29, 1.82) is 0 Å². The summed E-state index contributed by atoms with van der Waals surface area (Å²) in [6, 6.07) is 11.8. The smallest absolute Gasteiger partial charge is 0.356 e. The summed E-state index contributed by atoms with van der Waals surface area (Å²) in [5.74, 6) is -1.02. The second-order valence-electron chi connectivity index (χ2n) is 8.83. The van der Waals surface area contributed by atoms with Gasteiger partial charge in [0.05, 0.1) is 43.8 Å². The highest BCUT2D eigenvalue weighted by atomic mass is 16.5. The number of fused-ring (bicyclic) bond motifs is 1. The fourth-order valence-electron chi connectivity index (χ4n) is 4.34. The van der Waals surface area contributed by atoms with E-state index in [1.54, 1.807) is 6.20 Å². The Kier molecular flexibility index (Phi) is 7.99. The molecule has 1 aliphatic rings. The molecule has 3 N–H and O–H groups in total. The van der Waals surface area contributed by atoms with Gasteiger partial charge in [-0.1, -0.05) is 30.3 Å². The predicted molar refractivity (Wildman–Crippen MR) is 134 cm³/mol. The van der Waals surface area contributed by atoms with Crippen LogP contribution in [0.2, 0.25) is 0 Å². The number of pyridine rings is 1. The molecule has 3 aromatic rings. The number of hydrogen-bond donors (Lipinski definition) is 3. The standard InChI is InChI=1S/C26H32N4O5/c1-17(15-31)28-20-13-21-22(29-25(32)19-10-12-35-16-19)23(26(33)34-2)30(24(21)27-14-20)11-6-9-18-7-4-3-5-8-18/h3-5,7-8,13-14,17,19,28,31H,6,9-12,15-16H2,1-2H3,(H,29,32). The number of amides is 1. The molecular formula is C26H32N4O5. The molecule has 4 rings (SSSR count). The number of aliphatic hydroxyl groups excluding tert-OH is 1. The van der Waals surface area contributed by atoms with Crippen molar-refractivity contribution in [2.75, 3.05) is 37.6 Å². The van der Waals surface area contributed by atoms with E-state index < -0.39 is 5.97 Å². The lowest BCUT2D eigenvalue weighted by Crippen LogP contribution is -2.24. The summed E-state index contributed by atoms with van der Waals surface area (Å²) in [7, 11) is 1.33. The Morgan fingerprint density at radius 2 is 2.11 bits per heavy atom. The van der Waals surface area contributed by atoms with Crippen LogP contribution >= 0.6 is 0 Å². The first kappa shape index (κ1) is 24.7. The third-order valence-corrected chi connectivity index (χ3v) is 6.20. The van der Waals surface area contributed by atoms with E-state index in [9.17, 15) is 14.7 Å². The van der Waals surface area contributed by atoms with Crippen molar-refractivity contribution in [3.8, 4) is 0 Å². The maximum Gasteiger partial charge on any atom is 0.356 e. The number of hydrogen-bond acceptors (Lipinski definition) is 7. The predicted octanol–water partition coefficient (Wildman–Crippen LogP) is 3.22. The van der Waals surface area contributed by atoms with Gasteiger partial charge in [0.25, 0.3) is 0 Å². The lowest BCUT2D eigenvalue weighted by atomic mass is 10.1. The molecule has 35 heavy (non-hydrogen) atoms. The first-order valence-corrected chi connectivity index (χ1v) is 11.9. The van der Waals surface area contributed by atoms with Crippen molar-refractivity contribution >= 4 is 34.3 Å². The first-order valence-electron chi connectivity index (χ1n) is 11.9. The maximum atomic E-state index is 13.0. The number of benzene rings is 1. The molecule has 0 spiro atoms. The minimum Gasteiger partial charge on any atom is -0.464 e. The Labute approximate surface area is 204 Å². The number of anilines is 2. The van der Waals surface area contributed by atoms with Crippen LogP contribution in [0.5, 0.6) is 0 Å². The molecule has 1 saturated heterocycles. The molecule has 9 nitrogen and oxygen atoms in total. The highest BCUT2D eigenvalue weighted by Crippen LogP contribution is 2.34. The lowest BCUT2D eigenvalue weighted by Gasteiger charge is -2.13. The number of carbonyl (C=O) groups is 2. The Morgan fingerprint density at radius 3 is 2.80 bits per heavy atom. The minimum atomic E-state index is -0.543. The van der Waals surface area contributed by atoms with Crippen molar-refractivity contribution in [2.45, 2.75) is 38.8 Å². The Morgan fingerprint density at radius 1 is 1.31 bits per heavy atom. The van der Waals surface area contributed by atoms with Crippen molar-refractivity contribution in [3.63, 3.8) is 0 Å². The van der Waals surface area contributed by atoms with E-state index in [1.165, 1.54) is 12.7 Å². The van der Waals surface area contributed by atoms with Gasteiger partial charge in [-0.2, -0.15) is 0 Å². The van der Waals surface area contributed by atoms with Crippen LogP contribution < -0.4 is 10.6 Å². The molecule has 2 atom stereocenters. The van der Waals surface area contributed by atoms with Crippen molar-refractivity contribution in [3.05, 3.63) is 53.9 Å². The number of aromatic nitrogens is 2. The van der Waals surface area contributed by atoms with Gasteiger partial charge < -0.3 is 29.8 Å². The summed E-state index contributed by atoms with van der Waals surface area (Å²) in [5.41, 5.74) is 3.12. The zero-order valence-electron chi connectivity index (χ0n) is 20.1. The highest BCUT2D eigenvalue weighted by Gasteiger charge is 2.29. The summed E-state index contributed by atoms with van der Waals surface area (Å²) < 4.78 is 12.3. The largest absolute Gasteiger partial charge is 0.464 e. The van der Waals surface area contributed by atoms with Gasteiger partial charge in [0.2, 0.25) is 5.91 Å². The molecule has 0 radical (unpaired) electrons. The van der Waals surface area contributed by atoms with Crippen LogP contribution in [0.25, 0.3) is 11.0 Å². The van der Waals surface area contributed by atoms with Gasteiger partial charge in [-0.15, -0.1) is 0 Å². The van der Waals surface area contributed by atoms with E-state index in [2.05, 4.69) is 27.8 Å². The highest BCUT2D eigenvalue weighted by molar-refractivity contribution is 6.11. The summed E-state index contributed by atoms with van der Waals surface area (Å²) in [6.07, 6.45) is 3.90. The number of carbonyl (C=O) groups excluding carboxylic acids is 2. The summed E-state index contributed by atoms with van der Waals surface area (Å²) in [4.78, 5) is 30.6. The zero-order valence-corrected chi connectivity index (χ0v) is 20.1. The summed E-state index contributed by atoms with van der Waals surface area (Å²) in [6.45, 7) is 3.22. The molecule has 1 aromatic carbocycles. The SMILES string of the molecule is COC(=O)c1c(NC(=O)C2CCOC2)c2cc(NC(C)CO)cnc2n1CCCc1ccccc1. The quantitative estimate of drug-likeness (QED) is 0.382. The van der Waals surface area contributed by atoms with Crippen LogP contribution in [-0.2, 0) is 27.2 Å². The van der Waals surface area contributed by atoms with Gasteiger partial charge in [0.1, 0.15) is 5.65 Å². The third-order valence-electron chi connectivity index (χ3n) is 6.20. The van der Waals surface area contributed by atoms with Crippen LogP contribution in [0, 0.1) is 5.92 Å². The number of rotatable bonds is 10. The normalized spacial score (nSPS) is 16.3. The fraction of sp³-hybridized carbons (Fsp3) is 0.423. The Bertz CT molecular complexity index is 1170. The average Bonchev–Trinajstić information content (AvgIpc) is 3.52. The second-order valence-corrected chi connectivity index (χ2v) is 8.83. The lowest BCUT2D eigenvalue weighted by molar-refractivity contribution is -0.119. The van der Waals surface area contributed by atoms with E-state index in [-0.39, 0.29) is 30.2 Å². The van der Waals surface area contributed by atoms with Gasteiger partial charge in [-0.25, -0.2) is 9.78 Å². The molecule has 1 amide bonds. The fourth-order valence-corrected chi connectivity index (χ4v) is 4.34. The van der Waals surface area contributed by atoms with Crippen LogP contribution in [0.15, 0.2) is 42.6 Å². The molecule has 2 unspecified atom stereocenters. The van der Waals surface area contributed by atoms with Crippen molar-refractivity contribution in [2.24, 2.45) is 5.92 Å². The molecule has 1 fully saturated rings. The first-order chi connectivity index (χ1) is 17.0. The number of nitrogens with zero attached hydrogens (tertiary/aromatic N) is 2. The van der Waals surface area contributed by atoms with E-state index in [1.807, 2.05) is 35.8 Å². The molecule has 9 heteroatoms. The van der Waals surface area contributed by atoms with E-state index in [4.69, 9.17) is 9.47 Å². The van der Waals surface area contributed by atoms with Crippen LogP contribution in [-0.4, -0.2) is 59.5 Å². The number of esters is 1. The third kappa shape index (κ3) is 5.63. The van der Waals surface area contributed by atoms with Crippen LogP contribution in [0.4, 0.5) is 11.4 Å². The summed E-state index contributed by atoms with van der Waals surface area (Å²) >= 11 is 0. The van der Waals surface area contributed by atoms with Crippen LogP contribution in [0.3, 0.4) is 0 Å². The van der Waals surface area contributed by atoms with Crippen molar-refractivity contribution in [1.82, 2.24) is 9.55 Å². The molecule has 0 bridgehead atoms. The molecule has 0 saturated carbocycles. The number of aryl methyl sites for hydroxylation is 2. The van der Waals surface area contributed by atoms with Crippen LogP contribution in [0.1, 0.15) is 35.8 Å². The molecule has 1 aliphatic heterocycles. The maximum absolute atomic E-state index is 13.0. The molecule has 3 heterocycles. The minimum absolute atomic E-state index is 0.0444. The number of aliphatic hydroxyl groups is 1. The molecule has 0 aliphatic carbocycles. The molecular weight excluding hydrogens is 448 g/mol. The number of methoxy groups -OCH3 is 1. The van der Waals surface area contributed by atoms with E-state index in [0.29, 0.717) is 48.6 Å². The number of nitrogens with one attached hydrogen (secondary N) is 2. The Hall–Kier alpha value is -3.43. The monoisotopic (exact) mass is 480 g/mol. The summed E-state index contributed by atoms with van der Waals surface area (Å²) in [5, 5.41) is 16.2. The van der Waals surface area contributed by atoms with Gasteiger partial charge in [-0.05, 0) is 37.8 Å². The van der Waals surface area contributed by atoms with Gasteiger partial charge >= 0.3 is 5.97 Å². The molecule has 186 valence electrons. The van der Waals surface area contributed by atoms with Gasteiger partial charge in [0.15, 0.2) is 5.69 Å². The zero-order chi connectivity index (χ0) is 24.8. The Balaban J connectivity index is 1.74. The number of ether oxygens (including phenoxy) is 2. The van der Waals surface area contributed by atoms with Gasteiger partial charge in [0, 0.05) is 24.6 Å². The molecule has 2 aromatic heterocycles. The average molecular weight is 481 g/mol. The van der Waals surface area contributed by atoms with Gasteiger partial charge in [-0.3, -0.25) is 4.79 Å².